The van der Waals surface area contributed by atoms with Crippen molar-refractivity contribution >= 4 is 17.7 Å². The molecule has 5 nitrogen and oxygen atoms in total. The number of carbonyl (C=O) groups is 1. The van der Waals surface area contributed by atoms with E-state index in [9.17, 15) is 4.79 Å². The molecule has 0 bridgehead atoms. The third kappa shape index (κ3) is 4.32. The van der Waals surface area contributed by atoms with Gasteiger partial charge in [0, 0.05) is 11.6 Å². The molecule has 1 heterocycles. The molecule has 1 aliphatic carbocycles. The lowest BCUT2D eigenvalue weighted by Crippen LogP contribution is -2.38. The van der Waals surface area contributed by atoms with Gasteiger partial charge in [0.25, 0.3) is 0 Å². The first-order chi connectivity index (χ1) is 11.6. The summed E-state index contributed by atoms with van der Waals surface area (Å²) in [5, 5.41) is 3.78. The largest absolute Gasteiger partial charge is 0.353 e. The van der Waals surface area contributed by atoms with Crippen molar-refractivity contribution < 1.29 is 4.79 Å². The number of nitrogens with zero attached hydrogens (tertiary/aromatic N) is 2. The second-order valence-corrected chi connectivity index (χ2v) is 7.44. The number of benzene rings is 1. The molecular formula is C18H24N4OS. The summed E-state index contributed by atoms with van der Waals surface area (Å²) in [7, 11) is 0. The van der Waals surface area contributed by atoms with Gasteiger partial charge in [0.15, 0.2) is 5.16 Å². The van der Waals surface area contributed by atoms with Crippen LogP contribution in [0.3, 0.4) is 0 Å². The zero-order valence-corrected chi connectivity index (χ0v) is 14.8. The smallest absolute Gasteiger partial charge is 0.230 e. The van der Waals surface area contributed by atoms with Gasteiger partial charge in [-0.2, -0.15) is 0 Å². The van der Waals surface area contributed by atoms with Crippen molar-refractivity contribution in [1.29, 1.82) is 0 Å². The Morgan fingerprint density at radius 1 is 1.29 bits per heavy atom. The summed E-state index contributed by atoms with van der Waals surface area (Å²) >= 11 is 1.37. The van der Waals surface area contributed by atoms with Crippen LogP contribution in [0.15, 0.2) is 41.7 Å². The summed E-state index contributed by atoms with van der Waals surface area (Å²) < 4.78 is 1.49. The number of rotatable bonds is 5. The molecule has 24 heavy (non-hydrogen) atoms. The molecule has 1 aliphatic rings. The molecule has 1 amide bonds. The molecular weight excluding hydrogens is 320 g/mol. The average molecular weight is 344 g/mol. The Hall–Kier alpha value is -1.95. The van der Waals surface area contributed by atoms with Crippen LogP contribution in [0.4, 0.5) is 0 Å². The average Bonchev–Trinajstić information content (AvgIpc) is 2.97. The Morgan fingerprint density at radius 3 is 2.71 bits per heavy atom. The second-order valence-electron chi connectivity index (χ2n) is 6.49. The normalized spacial score (nSPS) is 20.7. The van der Waals surface area contributed by atoms with Crippen LogP contribution >= 0.6 is 11.8 Å². The van der Waals surface area contributed by atoms with Crippen molar-refractivity contribution in [3.8, 4) is 11.3 Å². The van der Waals surface area contributed by atoms with Gasteiger partial charge in [0.1, 0.15) is 0 Å². The van der Waals surface area contributed by atoms with Crippen molar-refractivity contribution in [3.05, 3.63) is 36.5 Å². The third-order valence-corrected chi connectivity index (χ3v) is 5.45. The molecule has 2 aromatic rings. The third-order valence-electron chi connectivity index (χ3n) is 4.48. The van der Waals surface area contributed by atoms with Crippen molar-refractivity contribution in [1.82, 2.24) is 15.0 Å². The first-order valence-corrected chi connectivity index (χ1v) is 9.42. The topological polar surface area (TPSA) is 72.9 Å². The summed E-state index contributed by atoms with van der Waals surface area (Å²) in [5.41, 5.74) is 1.84. The van der Waals surface area contributed by atoms with Crippen LogP contribution in [0, 0.1) is 5.92 Å². The SMILES string of the molecule is CC1CCC(NC(=O)CSc2nc(-c3ccccc3)cn2N)CC1. The van der Waals surface area contributed by atoms with Gasteiger partial charge >= 0.3 is 0 Å². The molecule has 1 aromatic carbocycles. The molecule has 0 unspecified atom stereocenters. The minimum Gasteiger partial charge on any atom is -0.353 e. The van der Waals surface area contributed by atoms with Crippen molar-refractivity contribution in [3.63, 3.8) is 0 Å². The Labute approximate surface area is 147 Å². The highest BCUT2D eigenvalue weighted by atomic mass is 32.2. The zero-order chi connectivity index (χ0) is 16.9. The molecule has 0 radical (unpaired) electrons. The first kappa shape index (κ1) is 16.9. The van der Waals surface area contributed by atoms with Crippen LogP contribution in [-0.4, -0.2) is 27.4 Å². The summed E-state index contributed by atoms with van der Waals surface area (Å²) in [6.07, 6.45) is 6.36. The van der Waals surface area contributed by atoms with Crippen LogP contribution in [0.25, 0.3) is 11.3 Å². The van der Waals surface area contributed by atoms with Gasteiger partial charge in [-0.1, -0.05) is 49.0 Å². The number of hydrogen-bond acceptors (Lipinski definition) is 4. The van der Waals surface area contributed by atoms with Gasteiger partial charge in [0.2, 0.25) is 5.91 Å². The highest BCUT2D eigenvalue weighted by Gasteiger charge is 2.20. The van der Waals surface area contributed by atoms with Crippen LogP contribution < -0.4 is 11.2 Å². The lowest BCUT2D eigenvalue weighted by atomic mass is 9.87. The van der Waals surface area contributed by atoms with E-state index < -0.39 is 0 Å². The molecule has 3 rings (SSSR count). The van der Waals surface area contributed by atoms with Crippen molar-refractivity contribution in [2.45, 2.75) is 43.8 Å². The van der Waals surface area contributed by atoms with Crippen molar-refractivity contribution in [2.24, 2.45) is 5.92 Å². The van der Waals surface area contributed by atoms with Crippen LogP contribution in [0.1, 0.15) is 32.6 Å². The zero-order valence-electron chi connectivity index (χ0n) is 13.9. The fraction of sp³-hybridized carbons (Fsp3) is 0.444. The van der Waals surface area contributed by atoms with Gasteiger partial charge in [-0.25, -0.2) is 9.66 Å². The van der Waals surface area contributed by atoms with Crippen LogP contribution in [0.2, 0.25) is 0 Å². The Balaban J connectivity index is 1.53. The van der Waals surface area contributed by atoms with E-state index in [0.29, 0.717) is 17.0 Å². The second kappa shape index (κ2) is 7.75. The molecule has 6 heteroatoms. The number of amides is 1. The predicted molar refractivity (Wildman–Crippen MR) is 98.1 cm³/mol. The molecule has 1 aromatic heterocycles. The van der Waals surface area contributed by atoms with E-state index in [1.165, 1.54) is 29.3 Å². The number of carbonyl (C=O) groups excluding carboxylic acids is 1. The van der Waals surface area contributed by atoms with E-state index in [1.54, 1.807) is 6.20 Å². The first-order valence-electron chi connectivity index (χ1n) is 8.44. The van der Waals surface area contributed by atoms with Gasteiger partial charge in [-0.15, -0.1) is 0 Å². The highest BCUT2D eigenvalue weighted by molar-refractivity contribution is 7.99. The molecule has 0 atom stereocenters. The number of hydrogen-bond donors (Lipinski definition) is 2. The summed E-state index contributed by atoms with van der Waals surface area (Å²) in [6, 6.07) is 10.2. The van der Waals surface area contributed by atoms with E-state index in [4.69, 9.17) is 5.84 Å². The van der Waals surface area contributed by atoms with E-state index in [1.807, 2.05) is 30.3 Å². The van der Waals surface area contributed by atoms with Gasteiger partial charge < -0.3 is 11.2 Å². The lowest BCUT2D eigenvalue weighted by Gasteiger charge is -2.26. The fourth-order valence-electron chi connectivity index (χ4n) is 3.04. The summed E-state index contributed by atoms with van der Waals surface area (Å²) in [5.74, 6) is 7.15. The van der Waals surface area contributed by atoms with E-state index in [2.05, 4.69) is 17.2 Å². The van der Waals surface area contributed by atoms with Gasteiger partial charge in [0.05, 0.1) is 17.6 Å². The van der Waals surface area contributed by atoms with E-state index in [-0.39, 0.29) is 5.91 Å². The Morgan fingerprint density at radius 2 is 2.00 bits per heavy atom. The molecule has 1 fully saturated rings. The molecule has 1 saturated carbocycles. The molecule has 128 valence electrons. The Bertz CT molecular complexity index is 678. The number of imidazole rings is 1. The molecule has 0 saturated heterocycles. The number of nitrogen functional groups attached to an aromatic ring is 1. The quantitative estimate of drug-likeness (QED) is 0.646. The number of thioether (sulfide) groups is 1. The lowest BCUT2D eigenvalue weighted by molar-refractivity contribution is -0.119. The molecule has 0 spiro atoms. The molecule has 3 N–H and O–H groups in total. The summed E-state index contributed by atoms with van der Waals surface area (Å²) in [6.45, 7) is 2.28. The Kier molecular flexibility index (Phi) is 5.45. The number of nitrogens with two attached hydrogens (primary N) is 1. The highest BCUT2D eigenvalue weighted by Crippen LogP contribution is 2.24. The minimum atomic E-state index is 0.0591. The fourth-order valence-corrected chi connectivity index (χ4v) is 3.74. The van der Waals surface area contributed by atoms with Gasteiger partial charge in [-0.3, -0.25) is 4.79 Å². The maximum atomic E-state index is 12.1. The maximum Gasteiger partial charge on any atom is 0.230 e. The van der Waals surface area contributed by atoms with Gasteiger partial charge in [-0.05, 0) is 31.6 Å². The monoisotopic (exact) mass is 344 g/mol. The van der Waals surface area contributed by atoms with Crippen LogP contribution in [0.5, 0.6) is 0 Å². The summed E-state index contributed by atoms with van der Waals surface area (Å²) in [4.78, 5) is 16.7. The number of aromatic nitrogens is 2. The predicted octanol–water partition coefficient (Wildman–Crippen LogP) is 3.05. The molecule has 0 aliphatic heterocycles. The van der Waals surface area contributed by atoms with E-state index in [0.717, 1.165) is 30.0 Å². The van der Waals surface area contributed by atoms with E-state index >= 15 is 0 Å². The standard InChI is InChI=1S/C18H24N4OS/c1-13-7-9-15(10-8-13)20-17(23)12-24-18-21-16(11-22(18)19)14-5-3-2-4-6-14/h2-6,11,13,15H,7-10,12,19H2,1H3,(H,20,23). The van der Waals surface area contributed by atoms with Crippen LogP contribution in [-0.2, 0) is 4.79 Å². The minimum absolute atomic E-state index is 0.0591. The maximum absolute atomic E-state index is 12.1. The van der Waals surface area contributed by atoms with Crippen molar-refractivity contribution in [2.75, 3.05) is 11.6 Å². The number of nitrogens with one attached hydrogen (secondary N) is 1.